The molecule has 0 bridgehead atoms. The molecule has 0 aliphatic carbocycles. The summed E-state index contributed by atoms with van der Waals surface area (Å²) in [7, 11) is -2.22. The lowest BCUT2D eigenvalue weighted by atomic mass is 10.9. The molecule has 0 amide bonds. The summed E-state index contributed by atoms with van der Waals surface area (Å²) in [6.45, 7) is 0. The van der Waals surface area contributed by atoms with E-state index in [0.717, 1.165) is 0 Å². The molecule has 1 heterocycles. The Hall–Kier alpha value is 1.10. The summed E-state index contributed by atoms with van der Waals surface area (Å²) in [6.07, 6.45) is 0. The molecule has 264 valence electrons. The molecule has 0 unspecified atom stereocenters. The average Bonchev–Trinajstić information content (AvgIpc) is 3.07. The van der Waals surface area contributed by atoms with E-state index in [1.54, 1.807) is 85.3 Å². The summed E-state index contributed by atoms with van der Waals surface area (Å²) in [5.74, 6) is 0. The van der Waals surface area contributed by atoms with E-state index >= 15 is 0 Å². The van der Waals surface area contributed by atoms with Crippen molar-refractivity contribution in [1.29, 1.82) is 0 Å². The van der Waals surface area contributed by atoms with Crippen molar-refractivity contribution in [2.24, 2.45) is 0 Å². The zero-order valence-electron chi connectivity index (χ0n) is 28.6. The molecule has 0 saturated carbocycles. The summed E-state index contributed by atoms with van der Waals surface area (Å²) in [5, 5.41) is 0. The predicted octanol–water partition coefficient (Wildman–Crippen LogP) is 0.461. The van der Waals surface area contributed by atoms with Crippen LogP contribution in [-0.2, 0) is 69.6 Å². The Bertz CT molecular complexity index is 635. The molecule has 0 aromatic heterocycles. The molecule has 1 saturated heterocycles. The maximum Gasteiger partial charge on any atom is 0.500 e. The summed E-state index contributed by atoms with van der Waals surface area (Å²) in [5.41, 5.74) is 0. The lowest BCUT2D eigenvalue weighted by Gasteiger charge is -2.45. The number of rotatable bonds is 24. The SMILES string of the molecule is CO[Si](CC[Si]1(CC[Si](OC)(OC)OC)O[SiH2]O[SiH2]O[Si](CC[Si](OC)(OC)OC)(CC[Si](OC)(OC)OC)O1)(OC)OC. The minimum absolute atomic E-state index is 0.459. The number of hydrogen-bond donors (Lipinski definition) is 0. The van der Waals surface area contributed by atoms with Crippen LogP contribution in [0.15, 0.2) is 0 Å². The normalized spacial score (nSPS) is 19.4. The van der Waals surface area contributed by atoms with Crippen LogP contribution >= 0.6 is 0 Å². The Morgan fingerprint density at radius 1 is 0.386 bits per heavy atom. The van der Waals surface area contributed by atoms with Gasteiger partial charge in [0.25, 0.3) is 20.0 Å². The third-order valence-corrected chi connectivity index (χ3v) is 34.6. The minimum atomic E-state index is -3.20. The summed E-state index contributed by atoms with van der Waals surface area (Å²) in [6, 6.07) is 3.82. The molecule has 44 heavy (non-hydrogen) atoms. The van der Waals surface area contributed by atoms with Crippen molar-refractivity contribution < 1.29 is 69.6 Å². The molecule has 16 nitrogen and oxygen atoms in total. The van der Waals surface area contributed by atoms with Crippen molar-refractivity contribution in [3.05, 3.63) is 0 Å². The van der Waals surface area contributed by atoms with Gasteiger partial charge in [0.05, 0.1) is 0 Å². The molecule has 1 rings (SSSR count). The van der Waals surface area contributed by atoms with E-state index in [4.69, 9.17) is 69.6 Å². The Labute approximate surface area is 274 Å². The first-order valence-electron chi connectivity index (χ1n) is 14.1. The highest BCUT2D eigenvalue weighted by Crippen LogP contribution is 2.39. The molecule has 1 aliphatic heterocycles. The second-order valence-electron chi connectivity index (χ2n) is 9.83. The smallest absolute Gasteiger partial charge is 0.425 e. The van der Waals surface area contributed by atoms with Crippen LogP contribution in [0.1, 0.15) is 0 Å². The summed E-state index contributed by atoms with van der Waals surface area (Å²) >= 11 is 0. The monoisotopic (exact) mass is 776 g/mol. The first-order valence-corrected chi connectivity index (χ1v) is 28.6. The first kappa shape index (κ1) is 43.1. The van der Waals surface area contributed by atoms with Crippen molar-refractivity contribution in [3.8, 4) is 0 Å². The van der Waals surface area contributed by atoms with Crippen molar-refractivity contribution >= 4 is 72.4 Å². The minimum Gasteiger partial charge on any atom is -0.425 e. The fraction of sp³-hybridized carbons (Fsp3) is 1.00. The molecule has 1 fully saturated rings. The molecule has 0 atom stereocenters. The highest BCUT2D eigenvalue weighted by Gasteiger charge is 2.56. The van der Waals surface area contributed by atoms with Crippen LogP contribution in [0.4, 0.5) is 0 Å². The standard InChI is InChI=1S/C20H56O16Si8/c1-21-41(22-2,23-3)17-13-39(14-18-42(24-4,25-5)26-6)34-37-33-38-35-40(36-39,15-19-43(27-7,28-8)29-9)16-20-44(30-10,31-11)32-12/h13-20,37-38H2,1-12H3. The molecule has 0 spiro atoms. The van der Waals surface area contributed by atoms with Gasteiger partial charge in [0.2, 0.25) is 0 Å². The average molecular weight is 777 g/mol. The number of hydrogen-bond acceptors (Lipinski definition) is 16. The molecule has 0 aromatic rings. The zero-order valence-corrected chi connectivity index (χ0v) is 37.4. The van der Waals surface area contributed by atoms with Gasteiger partial charge in [-0.25, -0.2) is 0 Å². The van der Waals surface area contributed by atoms with E-state index in [0.29, 0.717) is 48.4 Å². The maximum atomic E-state index is 7.43. The maximum absolute atomic E-state index is 7.43. The van der Waals surface area contributed by atoms with Crippen LogP contribution in [0.5, 0.6) is 0 Å². The van der Waals surface area contributed by atoms with Gasteiger partial charge >= 0.3 is 52.3 Å². The Kier molecular flexibility index (Phi) is 20.2. The summed E-state index contributed by atoms with van der Waals surface area (Å²) in [4.78, 5) is 0. The lowest BCUT2D eigenvalue weighted by Crippen LogP contribution is -2.61. The molecule has 24 heteroatoms. The van der Waals surface area contributed by atoms with E-state index < -0.39 is 72.4 Å². The molecule has 0 radical (unpaired) electrons. The van der Waals surface area contributed by atoms with Gasteiger partial charge in [-0.15, -0.1) is 0 Å². The van der Waals surface area contributed by atoms with Crippen LogP contribution in [-0.4, -0.2) is 158 Å². The van der Waals surface area contributed by atoms with Gasteiger partial charge in [-0.2, -0.15) is 0 Å². The molecular weight excluding hydrogens is 721 g/mol. The van der Waals surface area contributed by atoms with Gasteiger partial charge in [0.15, 0.2) is 0 Å². The Morgan fingerprint density at radius 3 is 0.773 bits per heavy atom. The van der Waals surface area contributed by atoms with Gasteiger partial charge in [-0.1, -0.05) is 0 Å². The van der Waals surface area contributed by atoms with Crippen LogP contribution in [0.3, 0.4) is 0 Å². The predicted molar refractivity (Wildman–Crippen MR) is 179 cm³/mol. The lowest BCUT2D eigenvalue weighted by molar-refractivity contribution is 0.122. The van der Waals surface area contributed by atoms with Gasteiger partial charge in [0.1, 0.15) is 0 Å². The van der Waals surface area contributed by atoms with Gasteiger partial charge in [-0.05, 0) is 24.2 Å². The topological polar surface area (TPSA) is 148 Å². The first-order chi connectivity index (χ1) is 21.0. The second kappa shape index (κ2) is 20.6. The second-order valence-corrected chi connectivity index (χ2v) is 33.1. The van der Waals surface area contributed by atoms with Crippen LogP contribution < -0.4 is 0 Å². The highest BCUT2D eigenvalue weighted by atomic mass is 28.5. The van der Waals surface area contributed by atoms with E-state index in [2.05, 4.69) is 0 Å². The third-order valence-electron chi connectivity index (χ3n) is 8.16. The van der Waals surface area contributed by atoms with Crippen LogP contribution in [0, 0.1) is 0 Å². The third kappa shape index (κ3) is 11.6. The van der Waals surface area contributed by atoms with Gasteiger partial charge in [0, 0.05) is 109 Å². The summed E-state index contributed by atoms with van der Waals surface area (Å²) < 4.78 is 96.5. The van der Waals surface area contributed by atoms with Crippen molar-refractivity contribution in [3.63, 3.8) is 0 Å². The Morgan fingerprint density at radius 2 is 0.591 bits per heavy atom. The highest BCUT2D eigenvalue weighted by molar-refractivity contribution is 6.87. The van der Waals surface area contributed by atoms with Crippen molar-refractivity contribution in [2.45, 2.75) is 48.4 Å². The molecular formula is C20H56O16Si8. The molecule has 1 aliphatic rings. The van der Waals surface area contributed by atoms with Crippen molar-refractivity contribution in [1.82, 2.24) is 0 Å². The van der Waals surface area contributed by atoms with E-state index in [1.807, 2.05) is 0 Å². The quantitative estimate of drug-likeness (QED) is 0.125. The molecule has 0 aromatic carbocycles. The Balaban J connectivity index is 3.73. The largest absolute Gasteiger partial charge is 0.500 e. The van der Waals surface area contributed by atoms with Crippen LogP contribution in [0.25, 0.3) is 0 Å². The zero-order chi connectivity index (χ0) is 33.4. The fourth-order valence-electron chi connectivity index (χ4n) is 5.07. The van der Waals surface area contributed by atoms with Crippen LogP contribution in [0.2, 0.25) is 48.4 Å². The van der Waals surface area contributed by atoms with Crippen molar-refractivity contribution in [2.75, 3.05) is 85.3 Å². The molecule has 0 N–H and O–H groups in total. The fourth-order valence-corrected chi connectivity index (χ4v) is 33.4. The van der Waals surface area contributed by atoms with E-state index in [1.165, 1.54) is 0 Å². The van der Waals surface area contributed by atoms with Gasteiger partial charge in [-0.3, -0.25) is 0 Å². The van der Waals surface area contributed by atoms with E-state index in [-0.39, 0.29) is 0 Å². The van der Waals surface area contributed by atoms with E-state index in [9.17, 15) is 0 Å². The van der Waals surface area contributed by atoms with Gasteiger partial charge < -0.3 is 69.6 Å².